The van der Waals surface area contributed by atoms with Crippen LogP contribution in [0.15, 0.2) is 18.2 Å². The number of benzene rings is 1. The molecule has 1 aliphatic carbocycles. The Bertz CT molecular complexity index is 474. The van der Waals surface area contributed by atoms with E-state index in [0.717, 1.165) is 18.8 Å². The molecule has 2 nitrogen and oxygen atoms in total. The van der Waals surface area contributed by atoms with Gasteiger partial charge in [0.15, 0.2) is 8.32 Å². The van der Waals surface area contributed by atoms with E-state index in [9.17, 15) is 0 Å². The molecule has 22 heavy (non-hydrogen) atoms. The fraction of sp³-hybridized carbons (Fsp3) is 0.684. The number of hydrogen-bond acceptors (Lipinski definition) is 2. The molecular weight excluding hydrogens is 288 g/mol. The maximum Gasteiger partial charge on any atom is 0.192 e. The zero-order valence-corrected chi connectivity index (χ0v) is 15.9. The summed E-state index contributed by atoms with van der Waals surface area (Å²) in [5.74, 6) is 1.56. The van der Waals surface area contributed by atoms with Gasteiger partial charge in [0.05, 0.1) is 12.7 Å². The van der Waals surface area contributed by atoms with Crippen LogP contribution in [0, 0.1) is 0 Å². The third kappa shape index (κ3) is 3.25. The summed E-state index contributed by atoms with van der Waals surface area (Å²) in [5, 5.41) is 0. The second-order valence-corrected chi connectivity index (χ2v) is 11.3. The number of unbranched alkanes of at least 4 members (excludes halogenated alkanes) is 1. The van der Waals surface area contributed by atoms with E-state index in [2.05, 4.69) is 52.8 Å². The van der Waals surface area contributed by atoms with Crippen molar-refractivity contribution in [2.24, 2.45) is 0 Å². The van der Waals surface area contributed by atoms with E-state index in [-0.39, 0.29) is 6.10 Å². The molecule has 3 heteroatoms. The monoisotopic (exact) mass is 320 g/mol. The molecule has 0 saturated heterocycles. The summed E-state index contributed by atoms with van der Waals surface area (Å²) < 4.78 is 12.8. The predicted octanol–water partition coefficient (Wildman–Crippen LogP) is 6.05. The molecule has 124 valence electrons. The van der Waals surface area contributed by atoms with E-state index < -0.39 is 8.32 Å². The van der Waals surface area contributed by atoms with Gasteiger partial charge in [-0.1, -0.05) is 53.2 Å². The molecule has 0 aliphatic heterocycles. The Balaban J connectivity index is 2.19. The van der Waals surface area contributed by atoms with Gasteiger partial charge in [0.1, 0.15) is 5.75 Å². The minimum Gasteiger partial charge on any atom is -0.493 e. The third-order valence-corrected chi connectivity index (χ3v) is 10.0. The van der Waals surface area contributed by atoms with Crippen molar-refractivity contribution in [2.45, 2.75) is 77.6 Å². The lowest BCUT2D eigenvalue weighted by atomic mass is 9.75. The molecule has 0 aromatic heterocycles. The summed E-state index contributed by atoms with van der Waals surface area (Å²) >= 11 is 0. The van der Waals surface area contributed by atoms with Crippen LogP contribution >= 0.6 is 0 Å². The summed E-state index contributed by atoms with van der Waals surface area (Å²) in [4.78, 5) is 0. The molecule has 0 unspecified atom stereocenters. The van der Waals surface area contributed by atoms with E-state index >= 15 is 0 Å². The Kier molecular flexibility index (Phi) is 6.10. The van der Waals surface area contributed by atoms with Crippen molar-refractivity contribution in [3.05, 3.63) is 29.3 Å². The van der Waals surface area contributed by atoms with Crippen molar-refractivity contribution in [2.75, 3.05) is 6.61 Å². The number of hydrogen-bond donors (Lipinski definition) is 0. The number of rotatable bonds is 9. The average Bonchev–Trinajstić information content (AvgIpc) is 2.56. The van der Waals surface area contributed by atoms with Gasteiger partial charge in [0, 0.05) is 11.5 Å². The highest BCUT2D eigenvalue weighted by Gasteiger charge is 2.43. The van der Waals surface area contributed by atoms with Gasteiger partial charge in [-0.05, 0) is 36.2 Å². The first-order valence-electron chi connectivity index (χ1n) is 9.05. The molecule has 2 atom stereocenters. The molecule has 0 fully saturated rings. The van der Waals surface area contributed by atoms with Gasteiger partial charge >= 0.3 is 0 Å². The molecule has 1 aromatic rings. The van der Waals surface area contributed by atoms with Crippen molar-refractivity contribution in [1.82, 2.24) is 0 Å². The summed E-state index contributed by atoms with van der Waals surface area (Å²) in [6.07, 6.45) is 2.53. The fourth-order valence-corrected chi connectivity index (χ4v) is 6.32. The van der Waals surface area contributed by atoms with Crippen LogP contribution in [0.3, 0.4) is 0 Å². The molecule has 0 amide bonds. The minimum absolute atomic E-state index is 0.249. The Morgan fingerprint density at radius 2 is 1.73 bits per heavy atom. The summed E-state index contributed by atoms with van der Waals surface area (Å²) in [7, 11) is -1.58. The standard InChI is InChI=1S/C19H32O2Si/c1-6-10-14-20-17-13-11-12-16-15(5)19(18(16)17)21-22(7-2,8-3)9-4/h11-13,15,19H,6-10,14H2,1-5H3/t15-,19+/m0/s1. The Hall–Kier alpha value is -0.803. The van der Waals surface area contributed by atoms with Crippen molar-refractivity contribution in [3.63, 3.8) is 0 Å². The summed E-state index contributed by atoms with van der Waals surface area (Å²) in [6.45, 7) is 12.2. The lowest BCUT2D eigenvalue weighted by molar-refractivity contribution is 0.129. The van der Waals surface area contributed by atoms with Gasteiger partial charge in [0.25, 0.3) is 0 Å². The SMILES string of the molecule is CCCCOc1cccc2c1[C@H](O[Si](CC)(CC)CC)[C@H]2C. The fourth-order valence-electron chi connectivity index (χ4n) is 3.46. The van der Waals surface area contributed by atoms with Crippen molar-refractivity contribution in [1.29, 1.82) is 0 Å². The Morgan fingerprint density at radius 1 is 1.05 bits per heavy atom. The topological polar surface area (TPSA) is 18.5 Å². The minimum atomic E-state index is -1.58. The van der Waals surface area contributed by atoms with Crippen molar-refractivity contribution >= 4 is 8.32 Å². The van der Waals surface area contributed by atoms with Crippen LogP contribution in [0.2, 0.25) is 18.1 Å². The number of fused-ring (bicyclic) bond motifs is 1. The highest BCUT2D eigenvalue weighted by Crippen LogP contribution is 2.53. The maximum absolute atomic E-state index is 6.77. The molecule has 0 N–H and O–H groups in total. The third-order valence-electron chi connectivity index (χ3n) is 5.39. The van der Waals surface area contributed by atoms with E-state index in [1.54, 1.807) is 0 Å². The molecule has 1 aromatic carbocycles. The molecule has 1 aliphatic rings. The lowest BCUT2D eigenvalue weighted by Crippen LogP contribution is -2.41. The second kappa shape index (κ2) is 7.65. The largest absolute Gasteiger partial charge is 0.493 e. The van der Waals surface area contributed by atoms with E-state index in [4.69, 9.17) is 9.16 Å². The average molecular weight is 321 g/mol. The summed E-state index contributed by atoms with van der Waals surface area (Å²) in [6, 6.07) is 10.1. The van der Waals surface area contributed by atoms with Crippen LogP contribution in [-0.2, 0) is 4.43 Å². The van der Waals surface area contributed by atoms with Crippen molar-refractivity contribution in [3.8, 4) is 5.75 Å². The van der Waals surface area contributed by atoms with E-state index in [0.29, 0.717) is 5.92 Å². The van der Waals surface area contributed by atoms with Gasteiger partial charge in [-0.3, -0.25) is 0 Å². The summed E-state index contributed by atoms with van der Waals surface area (Å²) in [5.41, 5.74) is 2.75. The van der Waals surface area contributed by atoms with Gasteiger partial charge in [0.2, 0.25) is 0 Å². The molecule has 0 radical (unpaired) electrons. The highest BCUT2D eigenvalue weighted by atomic mass is 28.4. The first-order valence-corrected chi connectivity index (χ1v) is 11.6. The van der Waals surface area contributed by atoms with Gasteiger partial charge in [-0.2, -0.15) is 0 Å². The first kappa shape index (κ1) is 17.5. The zero-order valence-electron chi connectivity index (χ0n) is 14.9. The highest BCUT2D eigenvalue weighted by molar-refractivity contribution is 6.73. The Morgan fingerprint density at radius 3 is 2.32 bits per heavy atom. The Labute approximate surface area is 137 Å². The molecular formula is C19H32O2Si. The first-order chi connectivity index (χ1) is 10.6. The quantitative estimate of drug-likeness (QED) is 0.407. The van der Waals surface area contributed by atoms with Crippen LogP contribution in [0.1, 0.15) is 70.6 Å². The van der Waals surface area contributed by atoms with E-state index in [1.165, 1.54) is 35.7 Å². The zero-order chi connectivity index (χ0) is 16.2. The molecule has 0 bridgehead atoms. The van der Waals surface area contributed by atoms with Crippen LogP contribution in [0.25, 0.3) is 0 Å². The van der Waals surface area contributed by atoms with Crippen molar-refractivity contribution < 1.29 is 9.16 Å². The van der Waals surface area contributed by atoms with Crippen LogP contribution in [-0.4, -0.2) is 14.9 Å². The predicted molar refractivity (Wildman–Crippen MR) is 96.3 cm³/mol. The maximum atomic E-state index is 6.77. The second-order valence-electron chi connectivity index (χ2n) is 6.53. The van der Waals surface area contributed by atoms with E-state index in [1.807, 2.05) is 0 Å². The van der Waals surface area contributed by atoms with Gasteiger partial charge < -0.3 is 9.16 Å². The molecule has 0 spiro atoms. The lowest BCUT2D eigenvalue weighted by Gasteiger charge is -2.44. The van der Waals surface area contributed by atoms with Crippen LogP contribution in [0.4, 0.5) is 0 Å². The number of ether oxygens (including phenoxy) is 1. The normalized spacial score (nSPS) is 20.4. The van der Waals surface area contributed by atoms with Crippen LogP contribution in [0.5, 0.6) is 5.75 Å². The smallest absolute Gasteiger partial charge is 0.192 e. The molecule has 2 rings (SSSR count). The molecule has 0 saturated carbocycles. The van der Waals surface area contributed by atoms with Gasteiger partial charge in [-0.25, -0.2) is 0 Å². The van der Waals surface area contributed by atoms with Gasteiger partial charge in [-0.15, -0.1) is 0 Å². The molecule has 0 heterocycles. The van der Waals surface area contributed by atoms with Crippen LogP contribution < -0.4 is 4.74 Å².